The van der Waals surface area contributed by atoms with Crippen LogP contribution in [0.2, 0.25) is 0 Å². The highest BCUT2D eigenvalue weighted by molar-refractivity contribution is 5.35. The van der Waals surface area contributed by atoms with Gasteiger partial charge in [0.15, 0.2) is 0 Å². The van der Waals surface area contributed by atoms with E-state index >= 15 is 0 Å². The van der Waals surface area contributed by atoms with Crippen molar-refractivity contribution in [1.82, 2.24) is 5.32 Å². The summed E-state index contributed by atoms with van der Waals surface area (Å²) in [6, 6.07) is 5.90. The summed E-state index contributed by atoms with van der Waals surface area (Å²) in [5.41, 5.74) is 2.11. The Labute approximate surface area is 89.7 Å². The summed E-state index contributed by atoms with van der Waals surface area (Å²) in [6.07, 6.45) is 5.28. The fraction of sp³-hybridized carbons (Fsp3) is 0.538. The van der Waals surface area contributed by atoms with Crippen LogP contribution in [0.25, 0.3) is 0 Å². The molecule has 1 fully saturated rings. The van der Waals surface area contributed by atoms with Crippen LogP contribution in [0.4, 0.5) is 4.39 Å². The highest BCUT2D eigenvalue weighted by atomic mass is 19.1. The van der Waals surface area contributed by atoms with Gasteiger partial charge in [-0.25, -0.2) is 4.39 Å². The van der Waals surface area contributed by atoms with Gasteiger partial charge in [0.2, 0.25) is 0 Å². The number of rotatable bonds is 1. The lowest BCUT2D eigenvalue weighted by Crippen LogP contribution is -2.19. The van der Waals surface area contributed by atoms with Crippen LogP contribution < -0.4 is 5.32 Å². The Kier molecular flexibility index (Phi) is 2.24. The molecule has 1 aromatic carbocycles. The topological polar surface area (TPSA) is 12.0 Å². The van der Waals surface area contributed by atoms with Crippen molar-refractivity contribution in [3.05, 3.63) is 35.1 Å². The van der Waals surface area contributed by atoms with E-state index < -0.39 is 0 Å². The quantitative estimate of drug-likeness (QED) is 0.742. The first-order chi connectivity index (χ1) is 7.36. The van der Waals surface area contributed by atoms with E-state index in [1.54, 1.807) is 6.07 Å². The largest absolute Gasteiger partial charge is 0.305 e. The van der Waals surface area contributed by atoms with Crippen molar-refractivity contribution < 1.29 is 4.39 Å². The van der Waals surface area contributed by atoms with Crippen molar-refractivity contribution in [3.63, 3.8) is 0 Å². The number of hydrogen-bond acceptors (Lipinski definition) is 1. The molecule has 2 aliphatic rings. The van der Waals surface area contributed by atoms with Crippen molar-refractivity contribution in [3.8, 4) is 0 Å². The number of nitrogens with one attached hydrogen (secondary N) is 1. The molecule has 3 rings (SSSR count). The van der Waals surface area contributed by atoms with E-state index in [2.05, 4.69) is 11.4 Å². The SMILES string of the molecule is Fc1cccc2c1CNC2C1CCCC1. The molecular weight excluding hydrogens is 189 g/mol. The fourth-order valence-corrected chi connectivity index (χ4v) is 3.09. The van der Waals surface area contributed by atoms with E-state index in [9.17, 15) is 4.39 Å². The van der Waals surface area contributed by atoms with Crippen LogP contribution in [0.3, 0.4) is 0 Å². The second kappa shape index (κ2) is 3.60. The molecule has 0 aromatic heterocycles. The molecule has 1 aliphatic heterocycles. The summed E-state index contributed by atoms with van der Waals surface area (Å²) in [5.74, 6) is 0.688. The fourth-order valence-electron chi connectivity index (χ4n) is 3.09. The Morgan fingerprint density at radius 3 is 2.80 bits per heavy atom. The Bertz CT molecular complexity index is 369. The molecule has 2 heteroatoms. The van der Waals surface area contributed by atoms with Crippen LogP contribution in [0.1, 0.15) is 42.9 Å². The highest BCUT2D eigenvalue weighted by Crippen LogP contribution is 2.40. The smallest absolute Gasteiger partial charge is 0.128 e. The van der Waals surface area contributed by atoms with Crippen LogP contribution in [0, 0.1) is 11.7 Å². The highest BCUT2D eigenvalue weighted by Gasteiger charge is 2.32. The summed E-state index contributed by atoms with van der Waals surface area (Å²) < 4.78 is 13.5. The number of benzene rings is 1. The normalized spacial score (nSPS) is 25.8. The van der Waals surface area contributed by atoms with E-state index in [-0.39, 0.29) is 5.82 Å². The van der Waals surface area contributed by atoms with E-state index in [4.69, 9.17) is 0 Å². The third-order valence-electron chi connectivity index (χ3n) is 3.86. The van der Waals surface area contributed by atoms with Crippen molar-refractivity contribution >= 4 is 0 Å². The van der Waals surface area contributed by atoms with Crippen LogP contribution in [-0.2, 0) is 6.54 Å². The molecule has 0 amide bonds. The maximum atomic E-state index is 13.5. The van der Waals surface area contributed by atoms with Gasteiger partial charge in [0.05, 0.1) is 0 Å². The Hall–Kier alpha value is -0.890. The summed E-state index contributed by atoms with van der Waals surface area (Å²) in [4.78, 5) is 0. The first kappa shape index (κ1) is 9.34. The van der Waals surface area contributed by atoms with Gasteiger partial charge in [0.25, 0.3) is 0 Å². The van der Waals surface area contributed by atoms with Gasteiger partial charge in [-0.1, -0.05) is 25.0 Å². The standard InChI is InChI=1S/C13H16FN/c14-12-7-3-6-10-11(12)8-15-13(10)9-4-1-2-5-9/h3,6-7,9,13,15H,1-2,4-5,8H2. The van der Waals surface area contributed by atoms with Crippen LogP contribution in [0.15, 0.2) is 18.2 Å². The molecule has 1 aliphatic carbocycles. The Morgan fingerprint density at radius 1 is 1.20 bits per heavy atom. The van der Waals surface area contributed by atoms with E-state index in [1.165, 1.54) is 31.2 Å². The average Bonchev–Trinajstić information content (AvgIpc) is 2.85. The molecule has 1 aromatic rings. The number of fused-ring (bicyclic) bond motifs is 1. The zero-order chi connectivity index (χ0) is 10.3. The Morgan fingerprint density at radius 2 is 2.00 bits per heavy atom. The molecule has 0 radical (unpaired) electrons. The summed E-state index contributed by atoms with van der Waals surface area (Å²) in [6.45, 7) is 0.711. The predicted octanol–water partition coefficient (Wildman–Crippen LogP) is 3.16. The summed E-state index contributed by atoms with van der Waals surface area (Å²) >= 11 is 0. The molecule has 1 heterocycles. The molecule has 15 heavy (non-hydrogen) atoms. The van der Waals surface area contributed by atoms with Crippen LogP contribution in [-0.4, -0.2) is 0 Å². The summed E-state index contributed by atoms with van der Waals surface area (Å²) in [5, 5.41) is 3.46. The van der Waals surface area contributed by atoms with Gasteiger partial charge in [0, 0.05) is 18.2 Å². The molecule has 1 saturated carbocycles. The van der Waals surface area contributed by atoms with E-state index in [1.807, 2.05) is 6.07 Å². The molecule has 0 spiro atoms. The minimum Gasteiger partial charge on any atom is -0.305 e. The molecule has 1 nitrogen and oxygen atoms in total. The first-order valence-corrected chi connectivity index (χ1v) is 5.87. The Balaban J connectivity index is 1.94. The molecule has 1 unspecified atom stereocenters. The lowest BCUT2D eigenvalue weighted by atomic mass is 9.92. The van der Waals surface area contributed by atoms with Gasteiger partial charge < -0.3 is 5.32 Å². The zero-order valence-corrected chi connectivity index (χ0v) is 8.80. The van der Waals surface area contributed by atoms with Crippen molar-refractivity contribution in [2.45, 2.75) is 38.3 Å². The lowest BCUT2D eigenvalue weighted by Gasteiger charge is -2.19. The zero-order valence-electron chi connectivity index (χ0n) is 8.80. The minimum absolute atomic E-state index is 0.0412. The van der Waals surface area contributed by atoms with Crippen molar-refractivity contribution in [1.29, 1.82) is 0 Å². The first-order valence-electron chi connectivity index (χ1n) is 5.87. The third-order valence-corrected chi connectivity index (χ3v) is 3.86. The van der Waals surface area contributed by atoms with Crippen molar-refractivity contribution in [2.24, 2.45) is 5.92 Å². The second-order valence-corrected chi connectivity index (χ2v) is 4.71. The molecule has 0 bridgehead atoms. The van der Waals surface area contributed by atoms with Crippen LogP contribution in [0.5, 0.6) is 0 Å². The summed E-state index contributed by atoms with van der Waals surface area (Å²) in [7, 11) is 0. The number of halogens is 1. The molecule has 0 saturated heterocycles. The van der Waals surface area contributed by atoms with Crippen LogP contribution >= 0.6 is 0 Å². The van der Waals surface area contributed by atoms with Crippen molar-refractivity contribution in [2.75, 3.05) is 0 Å². The molecular formula is C13H16FN. The molecule has 1 N–H and O–H groups in total. The predicted molar refractivity (Wildman–Crippen MR) is 57.9 cm³/mol. The van der Waals surface area contributed by atoms with Gasteiger partial charge in [-0.05, 0) is 30.4 Å². The average molecular weight is 205 g/mol. The van der Waals surface area contributed by atoms with Gasteiger partial charge >= 0.3 is 0 Å². The monoisotopic (exact) mass is 205 g/mol. The molecule has 80 valence electrons. The maximum absolute atomic E-state index is 13.5. The third kappa shape index (κ3) is 1.48. The molecule has 1 atom stereocenters. The second-order valence-electron chi connectivity index (χ2n) is 4.71. The number of hydrogen-bond donors (Lipinski definition) is 1. The van der Waals surface area contributed by atoms with Gasteiger partial charge in [-0.3, -0.25) is 0 Å². The minimum atomic E-state index is -0.0412. The lowest BCUT2D eigenvalue weighted by molar-refractivity contribution is 0.390. The maximum Gasteiger partial charge on any atom is 0.128 e. The van der Waals surface area contributed by atoms with Gasteiger partial charge in [-0.2, -0.15) is 0 Å². The van der Waals surface area contributed by atoms with E-state index in [0.29, 0.717) is 12.6 Å². The van der Waals surface area contributed by atoms with Gasteiger partial charge in [0.1, 0.15) is 5.82 Å². The van der Waals surface area contributed by atoms with Gasteiger partial charge in [-0.15, -0.1) is 0 Å². The van der Waals surface area contributed by atoms with E-state index in [0.717, 1.165) is 11.5 Å².